The monoisotopic (exact) mass is 228 g/mol. The van der Waals surface area contributed by atoms with Crippen molar-refractivity contribution < 1.29 is 14.3 Å². The van der Waals surface area contributed by atoms with Gasteiger partial charge in [0.1, 0.15) is 0 Å². The van der Waals surface area contributed by atoms with Crippen LogP contribution in [0.2, 0.25) is 0 Å². The van der Waals surface area contributed by atoms with Gasteiger partial charge in [0.2, 0.25) is 5.91 Å². The Labute approximate surface area is 93.9 Å². The molecule has 0 saturated carbocycles. The van der Waals surface area contributed by atoms with Crippen molar-refractivity contribution in [3.8, 4) is 0 Å². The summed E-state index contributed by atoms with van der Waals surface area (Å²) in [6.45, 7) is 1.38. The second-order valence-corrected chi connectivity index (χ2v) is 3.68. The van der Waals surface area contributed by atoms with Crippen molar-refractivity contribution in [2.24, 2.45) is 11.0 Å². The Morgan fingerprint density at radius 1 is 1.62 bits per heavy atom. The van der Waals surface area contributed by atoms with Gasteiger partial charge in [-0.15, -0.1) is 0 Å². The molecule has 16 heavy (non-hydrogen) atoms. The zero-order valence-corrected chi connectivity index (χ0v) is 9.50. The van der Waals surface area contributed by atoms with Gasteiger partial charge in [0.25, 0.3) is 0 Å². The molecule has 1 rings (SSSR count). The molecule has 1 aliphatic rings. The fraction of sp³-hybridized carbons (Fsp3) is 0.889. The third kappa shape index (κ3) is 3.37. The van der Waals surface area contributed by atoms with Gasteiger partial charge >= 0.3 is 0 Å². The summed E-state index contributed by atoms with van der Waals surface area (Å²) in [4.78, 5) is 16.0. The van der Waals surface area contributed by atoms with Gasteiger partial charge in [-0.05, 0) is 11.4 Å². The van der Waals surface area contributed by atoms with Crippen LogP contribution in [0.3, 0.4) is 0 Å². The van der Waals surface area contributed by atoms with Gasteiger partial charge in [-0.25, -0.2) is 0 Å². The third-order valence-corrected chi connectivity index (χ3v) is 2.59. The first-order chi connectivity index (χ1) is 7.71. The van der Waals surface area contributed by atoms with Crippen LogP contribution in [0.25, 0.3) is 10.4 Å². The second kappa shape index (κ2) is 6.32. The van der Waals surface area contributed by atoms with Gasteiger partial charge < -0.3 is 14.4 Å². The van der Waals surface area contributed by atoms with Crippen molar-refractivity contribution in [2.45, 2.75) is 12.7 Å². The van der Waals surface area contributed by atoms with E-state index in [-0.39, 0.29) is 11.8 Å². The molecular weight excluding hydrogens is 212 g/mol. The minimum Gasteiger partial charge on any atom is -0.354 e. The van der Waals surface area contributed by atoms with E-state index in [9.17, 15) is 4.79 Å². The van der Waals surface area contributed by atoms with E-state index in [2.05, 4.69) is 10.0 Å². The molecule has 1 heterocycles. The molecule has 1 aliphatic heterocycles. The molecule has 0 bridgehead atoms. The number of amides is 1. The van der Waals surface area contributed by atoms with Crippen molar-refractivity contribution in [1.29, 1.82) is 0 Å². The molecule has 7 heteroatoms. The van der Waals surface area contributed by atoms with Crippen LogP contribution < -0.4 is 0 Å². The highest BCUT2D eigenvalue weighted by molar-refractivity contribution is 5.78. The zero-order valence-electron chi connectivity index (χ0n) is 9.50. The summed E-state index contributed by atoms with van der Waals surface area (Å²) < 4.78 is 10.1. The minimum atomic E-state index is -0.401. The van der Waals surface area contributed by atoms with E-state index in [1.807, 2.05) is 0 Å². The first-order valence-electron chi connectivity index (χ1n) is 5.05. The van der Waals surface area contributed by atoms with Gasteiger partial charge in [-0.3, -0.25) is 4.79 Å². The molecule has 1 saturated heterocycles. The van der Waals surface area contributed by atoms with Crippen LogP contribution >= 0.6 is 0 Å². The second-order valence-electron chi connectivity index (χ2n) is 3.68. The van der Waals surface area contributed by atoms with Crippen LogP contribution in [0.5, 0.6) is 0 Å². The smallest absolute Gasteiger partial charge is 0.223 e. The lowest BCUT2D eigenvalue weighted by molar-refractivity contribution is -0.141. The molecule has 0 aromatic heterocycles. The molecule has 1 fully saturated rings. The maximum atomic E-state index is 11.6. The molecule has 0 aromatic rings. The average molecular weight is 228 g/mol. The summed E-state index contributed by atoms with van der Waals surface area (Å²) in [5, 5.41) is 3.48. The summed E-state index contributed by atoms with van der Waals surface area (Å²) in [6, 6.07) is 0. The maximum absolute atomic E-state index is 11.6. The number of hydrogen-bond donors (Lipinski definition) is 0. The Bertz CT molecular complexity index is 286. The summed E-state index contributed by atoms with van der Waals surface area (Å²) in [5.74, 6) is 0.162. The van der Waals surface area contributed by atoms with Gasteiger partial charge in [0.15, 0.2) is 6.29 Å². The molecular formula is C9H16N4O3. The largest absolute Gasteiger partial charge is 0.354 e. The normalized spacial score (nSPS) is 20.3. The number of nitrogens with zero attached hydrogens (tertiary/aromatic N) is 4. The van der Waals surface area contributed by atoms with Gasteiger partial charge in [0.05, 0.1) is 6.54 Å². The SMILES string of the molecule is COC(CN1CC(CN=[N+]=[N-])CC1=O)OC. The molecule has 0 N–H and O–H groups in total. The highest BCUT2D eigenvalue weighted by atomic mass is 16.7. The number of likely N-dealkylation sites (tertiary alicyclic amines) is 1. The Morgan fingerprint density at radius 2 is 2.31 bits per heavy atom. The Balaban J connectivity index is 2.44. The molecule has 0 aliphatic carbocycles. The topological polar surface area (TPSA) is 87.5 Å². The number of ether oxygens (including phenoxy) is 2. The first kappa shape index (κ1) is 12.8. The molecule has 1 atom stereocenters. The Morgan fingerprint density at radius 3 is 2.88 bits per heavy atom. The maximum Gasteiger partial charge on any atom is 0.223 e. The summed E-state index contributed by atoms with van der Waals surface area (Å²) in [7, 11) is 3.07. The minimum absolute atomic E-state index is 0.0530. The Kier molecular flexibility index (Phi) is 5.04. The van der Waals surface area contributed by atoms with Crippen molar-refractivity contribution in [3.05, 3.63) is 10.4 Å². The van der Waals surface area contributed by atoms with Gasteiger partial charge in [-0.1, -0.05) is 5.11 Å². The molecule has 0 aromatic carbocycles. The fourth-order valence-electron chi connectivity index (χ4n) is 1.73. The van der Waals surface area contributed by atoms with Crippen molar-refractivity contribution >= 4 is 5.91 Å². The fourth-order valence-corrected chi connectivity index (χ4v) is 1.73. The first-order valence-corrected chi connectivity index (χ1v) is 5.05. The molecule has 0 spiro atoms. The van der Waals surface area contributed by atoms with Crippen LogP contribution in [-0.2, 0) is 14.3 Å². The van der Waals surface area contributed by atoms with E-state index >= 15 is 0 Å². The lowest BCUT2D eigenvalue weighted by Gasteiger charge is -2.21. The third-order valence-electron chi connectivity index (χ3n) is 2.59. The van der Waals surface area contributed by atoms with Crippen molar-refractivity contribution in [3.63, 3.8) is 0 Å². The number of carbonyl (C=O) groups is 1. The molecule has 1 amide bonds. The molecule has 7 nitrogen and oxygen atoms in total. The van der Waals surface area contributed by atoms with E-state index < -0.39 is 6.29 Å². The van der Waals surface area contributed by atoms with E-state index in [0.717, 1.165) is 0 Å². The number of rotatable bonds is 6. The van der Waals surface area contributed by atoms with Gasteiger partial charge in [0, 0.05) is 38.6 Å². The molecule has 1 unspecified atom stereocenters. The molecule has 0 radical (unpaired) electrons. The Hall–Kier alpha value is -1.30. The summed E-state index contributed by atoms with van der Waals surface area (Å²) in [6.07, 6.45) is 0.0290. The van der Waals surface area contributed by atoms with Crippen molar-refractivity contribution in [2.75, 3.05) is 33.9 Å². The van der Waals surface area contributed by atoms with E-state index in [1.165, 1.54) is 14.2 Å². The highest BCUT2D eigenvalue weighted by Gasteiger charge is 2.30. The van der Waals surface area contributed by atoms with E-state index in [1.54, 1.807) is 4.90 Å². The van der Waals surface area contributed by atoms with Gasteiger partial charge in [-0.2, -0.15) is 0 Å². The van der Waals surface area contributed by atoms with E-state index in [4.69, 9.17) is 15.0 Å². The predicted octanol–water partition coefficient (Wildman–Crippen LogP) is 0.764. The van der Waals surface area contributed by atoms with Crippen LogP contribution in [-0.4, -0.2) is 51.0 Å². The highest BCUT2D eigenvalue weighted by Crippen LogP contribution is 2.18. The standard InChI is InChI=1S/C9H16N4O3/c1-15-9(16-2)6-13-5-7(3-8(13)14)4-11-12-10/h7,9H,3-6H2,1-2H3. The van der Waals surface area contributed by atoms with Crippen LogP contribution in [0.4, 0.5) is 0 Å². The summed E-state index contributed by atoms with van der Waals surface area (Å²) in [5.41, 5.74) is 8.20. The number of hydrogen-bond acceptors (Lipinski definition) is 4. The van der Waals surface area contributed by atoms with Crippen LogP contribution in [0.15, 0.2) is 5.11 Å². The van der Waals surface area contributed by atoms with Crippen LogP contribution in [0.1, 0.15) is 6.42 Å². The molecule has 90 valence electrons. The van der Waals surface area contributed by atoms with Crippen molar-refractivity contribution in [1.82, 2.24) is 4.90 Å². The predicted molar refractivity (Wildman–Crippen MR) is 56.5 cm³/mol. The average Bonchev–Trinajstić information content (AvgIpc) is 2.64. The summed E-state index contributed by atoms with van der Waals surface area (Å²) >= 11 is 0. The lowest BCUT2D eigenvalue weighted by atomic mass is 10.1. The van der Waals surface area contributed by atoms with Crippen LogP contribution in [0, 0.1) is 5.92 Å². The van der Waals surface area contributed by atoms with E-state index in [0.29, 0.717) is 26.1 Å². The lowest BCUT2D eigenvalue weighted by Crippen LogP contribution is -2.35. The quantitative estimate of drug-likeness (QED) is 0.291. The number of methoxy groups -OCH3 is 2. The number of carbonyl (C=O) groups excluding carboxylic acids is 1. The number of azide groups is 1. The zero-order chi connectivity index (χ0) is 12.0.